The number of imidazole rings is 1. The predicted octanol–water partition coefficient (Wildman–Crippen LogP) is 4.03. The number of hydrogen-bond donors (Lipinski definition) is 0. The summed E-state index contributed by atoms with van der Waals surface area (Å²) >= 11 is 1.53. The molecule has 0 N–H and O–H groups in total. The minimum Gasteiger partial charge on any atom is -0.296 e. The molecule has 4 heteroatoms. The van der Waals surface area contributed by atoms with E-state index in [9.17, 15) is 4.79 Å². The van der Waals surface area contributed by atoms with Gasteiger partial charge in [-0.2, -0.15) is 0 Å². The second-order valence-corrected chi connectivity index (χ2v) is 5.42. The number of aromatic nitrogens is 2. The Morgan fingerprint density at radius 1 is 1.10 bits per heavy atom. The number of carbonyl (C=O) groups is 1. The first-order chi connectivity index (χ1) is 9.88. The molecule has 0 amide bonds. The second kappa shape index (κ2) is 4.28. The zero-order valence-corrected chi connectivity index (χ0v) is 11.3. The minimum absolute atomic E-state index is 0.609. The molecule has 0 saturated carbocycles. The molecule has 0 saturated heterocycles. The van der Waals surface area contributed by atoms with E-state index in [1.165, 1.54) is 11.3 Å². The van der Waals surface area contributed by atoms with Crippen molar-refractivity contribution in [3.63, 3.8) is 0 Å². The highest BCUT2D eigenvalue weighted by Gasteiger charge is 2.15. The van der Waals surface area contributed by atoms with Crippen LogP contribution in [0.4, 0.5) is 0 Å². The van der Waals surface area contributed by atoms with E-state index in [1.54, 1.807) is 0 Å². The Morgan fingerprint density at radius 2 is 1.95 bits per heavy atom. The second-order valence-electron chi connectivity index (χ2n) is 4.55. The van der Waals surface area contributed by atoms with E-state index in [0.717, 1.165) is 33.3 Å². The van der Waals surface area contributed by atoms with Crippen LogP contribution in [0.25, 0.3) is 27.0 Å². The topological polar surface area (TPSA) is 34.4 Å². The molecule has 0 atom stereocenters. The summed E-state index contributed by atoms with van der Waals surface area (Å²) in [6, 6.07) is 14.2. The van der Waals surface area contributed by atoms with E-state index >= 15 is 0 Å². The standard InChI is InChI=1S/C16H10N2OS/c19-10-14-15(17-16-18(14)8-9-20-16)13-7-3-5-11-4-1-2-6-12(11)13/h1-10H. The summed E-state index contributed by atoms with van der Waals surface area (Å²) in [4.78, 5) is 16.9. The lowest BCUT2D eigenvalue weighted by Gasteiger charge is -2.04. The molecule has 2 aromatic heterocycles. The summed E-state index contributed by atoms with van der Waals surface area (Å²) in [5.74, 6) is 0. The van der Waals surface area contributed by atoms with Crippen LogP contribution in [0, 0.1) is 0 Å². The number of fused-ring (bicyclic) bond motifs is 2. The van der Waals surface area contributed by atoms with Gasteiger partial charge in [-0.3, -0.25) is 9.20 Å². The molecule has 0 bridgehead atoms. The summed E-state index contributed by atoms with van der Waals surface area (Å²) < 4.78 is 1.84. The van der Waals surface area contributed by atoms with Crippen molar-refractivity contribution in [3.05, 3.63) is 59.7 Å². The van der Waals surface area contributed by atoms with Gasteiger partial charge in [-0.15, -0.1) is 11.3 Å². The number of hydrogen-bond acceptors (Lipinski definition) is 3. The van der Waals surface area contributed by atoms with Gasteiger partial charge in [0, 0.05) is 17.1 Å². The fourth-order valence-corrected chi connectivity index (χ4v) is 3.27. The van der Waals surface area contributed by atoms with Crippen molar-refractivity contribution in [2.75, 3.05) is 0 Å². The fraction of sp³-hybridized carbons (Fsp3) is 0. The lowest BCUT2D eigenvalue weighted by Crippen LogP contribution is -1.90. The number of carbonyl (C=O) groups excluding carboxylic acids is 1. The van der Waals surface area contributed by atoms with Gasteiger partial charge >= 0.3 is 0 Å². The van der Waals surface area contributed by atoms with Gasteiger partial charge in [0.1, 0.15) is 11.4 Å². The van der Waals surface area contributed by atoms with Gasteiger partial charge in [0.05, 0.1) is 0 Å². The Hall–Kier alpha value is -2.46. The highest BCUT2D eigenvalue weighted by molar-refractivity contribution is 7.15. The van der Waals surface area contributed by atoms with Crippen LogP contribution in [-0.4, -0.2) is 15.7 Å². The van der Waals surface area contributed by atoms with Crippen LogP contribution in [0.2, 0.25) is 0 Å². The highest BCUT2D eigenvalue weighted by Crippen LogP contribution is 2.31. The lowest BCUT2D eigenvalue weighted by molar-refractivity contribution is 0.111. The zero-order chi connectivity index (χ0) is 13.5. The number of rotatable bonds is 2. The summed E-state index contributed by atoms with van der Waals surface area (Å²) in [5, 5.41) is 4.20. The Kier molecular flexibility index (Phi) is 2.44. The first-order valence-electron chi connectivity index (χ1n) is 6.27. The van der Waals surface area contributed by atoms with Crippen LogP contribution < -0.4 is 0 Å². The smallest absolute Gasteiger partial charge is 0.194 e. The summed E-state index contributed by atoms with van der Waals surface area (Å²) in [7, 11) is 0. The molecule has 0 fully saturated rings. The van der Waals surface area contributed by atoms with E-state index in [-0.39, 0.29) is 0 Å². The molecule has 20 heavy (non-hydrogen) atoms. The lowest BCUT2D eigenvalue weighted by atomic mass is 10.0. The molecule has 0 aliphatic heterocycles. The van der Waals surface area contributed by atoms with Crippen LogP contribution in [0.3, 0.4) is 0 Å². The third kappa shape index (κ3) is 1.52. The monoisotopic (exact) mass is 278 g/mol. The van der Waals surface area contributed by atoms with Crippen LogP contribution in [-0.2, 0) is 0 Å². The van der Waals surface area contributed by atoms with E-state index in [1.807, 2.05) is 40.2 Å². The molecule has 2 heterocycles. The SMILES string of the molecule is O=Cc1c(-c2cccc3ccccc23)nc2sccn12. The Morgan fingerprint density at radius 3 is 2.85 bits per heavy atom. The molecule has 0 aliphatic rings. The van der Waals surface area contributed by atoms with Crippen molar-refractivity contribution >= 4 is 33.4 Å². The molecule has 0 spiro atoms. The van der Waals surface area contributed by atoms with E-state index in [2.05, 4.69) is 23.2 Å². The third-order valence-electron chi connectivity index (χ3n) is 3.46. The van der Waals surface area contributed by atoms with Crippen molar-refractivity contribution < 1.29 is 4.79 Å². The largest absolute Gasteiger partial charge is 0.296 e. The Bertz CT molecular complexity index is 931. The molecule has 0 aliphatic carbocycles. The fourth-order valence-electron chi connectivity index (χ4n) is 2.55. The average molecular weight is 278 g/mol. The van der Waals surface area contributed by atoms with Crippen LogP contribution >= 0.6 is 11.3 Å². The number of thiazole rings is 1. The number of benzene rings is 2. The maximum Gasteiger partial charge on any atom is 0.194 e. The first-order valence-corrected chi connectivity index (χ1v) is 7.15. The Balaban J connectivity index is 2.11. The van der Waals surface area contributed by atoms with Gasteiger partial charge in [-0.05, 0) is 10.8 Å². The van der Waals surface area contributed by atoms with Gasteiger partial charge in [0.2, 0.25) is 0 Å². The first kappa shape index (κ1) is 11.4. The van der Waals surface area contributed by atoms with Crippen LogP contribution in [0.15, 0.2) is 54.0 Å². The quantitative estimate of drug-likeness (QED) is 0.519. The van der Waals surface area contributed by atoms with Gasteiger partial charge in [0.25, 0.3) is 0 Å². The molecule has 4 aromatic rings. The van der Waals surface area contributed by atoms with E-state index in [0.29, 0.717) is 5.69 Å². The zero-order valence-electron chi connectivity index (χ0n) is 10.5. The van der Waals surface area contributed by atoms with Crippen LogP contribution in [0.5, 0.6) is 0 Å². The molecule has 0 radical (unpaired) electrons. The van der Waals surface area contributed by atoms with Crippen molar-refractivity contribution in [3.8, 4) is 11.3 Å². The Labute approximate surface area is 119 Å². The minimum atomic E-state index is 0.609. The molecule has 2 aromatic carbocycles. The van der Waals surface area contributed by atoms with Gasteiger partial charge in [-0.1, -0.05) is 42.5 Å². The van der Waals surface area contributed by atoms with Crippen molar-refractivity contribution in [1.29, 1.82) is 0 Å². The molecule has 3 nitrogen and oxygen atoms in total. The number of aldehydes is 1. The average Bonchev–Trinajstić information content (AvgIpc) is 3.06. The van der Waals surface area contributed by atoms with Crippen molar-refractivity contribution in [2.24, 2.45) is 0 Å². The molecule has 4 rings (SSSR count). The number of nitrogens with zero attached hydrogens (tertiary/aromatic N) is 2. The maximum absolute atomic E-state index is 11.5. The molecular weight excluding hydrogens is 268 g/mol. The summed E-state index contributed by atoms with van der Waals surface area (Å²) in [6.45, 7) is 0. The third-order valence-corrected chi connectivity index (χ3v) is 4.21. The molecule has 0 unspecified atom stereocenters. The van der Waals surface area contributed by atoms with E-state index in [4.69, 9.17) is 0 Å². The highest BCUT2D eigenvalue weighted by atomic mass is 32.1. The van der Waals surface area contributed by atoms with Crippen LogP contribution in [0.1, 0.15) is 10.5 Å². The van der Waals surface area contributed by atoms with Crippen molar-refractivity contribution in [1.82, 2.24) is 9.38 Å². The van der Waals surface area contributed by atoms with Gasteiger partial charge in [0.15, 0.2) is 11.2 Å². The van der Waals surface area contributed by atoms with Gasteiger partial charge in [-0.25, -0.2) is 4.98 Å². The summed E-state index contributed by atoms with van der Waals surface area (Å²) in [5.41, 5.74) is 2.36. The maximum atomic E-state index is 11.5. The molecule has 96 valence electrons. The van der Waals surface area contributed by atoms with E-state index < -0.39 is 0 Å². The van der Waals surface area contributed by atoms with Gasteiger partial charge < -0.3 is 0 Å². The molecular formula is C16H10N2OS. The summed E-state index contributed by atoms with van der Waals surface area (Å²) in [6.07, 6.45) is 2.76. The van der Waals surface area contributed by atoms with Crippen molar-refractivity contribution in [2.45, 2.75) is 0 Å². The normalized spacial score (nSPS) is 11.2. The predicted molar refractivity (Wildman–Crippen MR) is 81.4 cm³/mol.